The first-order chi connectivity index (χ1) is 6.52. The molecular formula is C11H23NO2. The van der Waals surface area contributed by atoms with Crippen LogP contribution in [0.4, 0.5) is 0 Å². The summed E-state index contributed by atoms with van der Waals surface area (Å²) in [5.74, 6) is -0.155. The zero-order valence-corrected chi connectivity index (χ0v) is 9.80. The van der Waals surface area contributed by atoms with Gasteiger partial charge < -0.3 is 10.5 Å². The molecule has 0 radical (unpaired) electrons. The molecule has 0 saturated heterocycles. The normalized spacial score (nSPS) is 17.2. The molecule has 2 atom stereocenters. The first kappa shape index (κ1) is 13.4. The first-order valence-electron chi connectivity index (χ1n) is 5.34. The Morgan fingerprint density at radius 3 is 2.36 bits per heavy atom. The number of nitrogens with two attached hydrogens (primary N) is 1. The molecule has 0 aromatic carbocycles. The third kappa shape index (κ3) is 3.29. The standard InChI is InChI=1S/C11H23NO2/c1-5-7-11(6-2,9(3)12)8-10(13)14-4/h9H,5-8,12H2,1-4H3. The minimum Gasteiger partial charge on any atom is -0.469 e. The topological polar surface area (TPSA) is 52.3 Å². The zero-order chi connectivity index (χ0) is 11.2. The Morgan fingerprint density at radius 1 is 1.50 bits per heavy atom. The summed E-state index contributed by atoms with van der Waals surface area (Å²) in [6, 6.07) is 0.0338. The third-order valence-electron chi connectivity index (χ3n) is 3.14. The van der Waals surface area contributed by atoms with Crippen LogP contribution in [-0.2, 0) is 9.53 Å². The molecule has 2 unspecified atom stereocenters. The highest BCUT2D eigenvalue weighted by atomic mass is 16.5. The van der Waals surface area contributed by atoms with Crippen LogP contribution in [-0.4, -0.2) is 19.1 Å². The monoisotopic (exact) mass is 201 g/mol. The van der Waals surface area contributed by atoms with Crippen molar-refractivity contribution >= 4 is 5.97 Å². The van der Waals surface area contributed by atoms with Gasteiger partial charge in [-0.05, 0) is 25.2 Å². The van der Waals surface area contributed by atoms with Gasteiger partial charge in [0.2, 0.25) is 0 Å². The molecule has 0 rings (SSSR count). The lowest BCUT2D eigenvalue weighted by molar-refractivity contribution is -0.144. The van der Waals surface area contributed by atoms with Crippen LogP contribution in [0.25, 0.3) is 0 Å². The van der Waals surface area contributed by atoms with Gasteiger partial charge in [-0.3, -0.25) is 4.79 Å². The predicted molar refractivity (Wildman–Crippen MR) is 57.9 cm³/mol. The number of ether oxygens (including phenoxy) is 1. The molecule has 0 aliphatic rings. The second-order valence-electron chi connectivity index (χ2n) is 4.01. The molecule has 0 bridgehead atoms. The molecule has 0 fully saturated rings. The van der Waals surface area contributed by atoms with Gasteiger partial charge in [-0.25, -0.2) is 0 Å². The van der Waals surface area contributed by atoms with Gasteiger partial charge in [0.15, 0.2) is 0 Å². The van der Waals surface area contributed by atoms with Crippen LogP contribution in [0, 0.1) is 5.41 Å². The van der Waals surface area contributed by atoms with Crippen molar-refractivity contribution in [3.63, 3.8) is 0 Å². The third-order valence-corrected chi connectivity index (χ3v) is 3.14. The van der Waals surface area contributed by atoms with Crippen LogP contribution in [0.3, 0.4) is 0 Å². The summed E-state index contributed by atoms with van der Waals surface area (Å²) < 4.78 is 4.71. The van der Waals surface area contributed by atoms with E-state index in [1.54, 1.807) is 0 Å². The molecule has 84 valence electrons. The number of carbonyl (C=O) groups is 1. The maximum atomic E-state index is 11.3. The van der Waals surface area contributed by atoms with E-state index in [9.17, 15) is 4.79 Å². The highest BCUT2D eigenvalue weighted by Crippen LogP contribution is 2.35. The van der Waals surface area contributed by atoms with E-state index >= 15 is 0 Å². The van der Waals surface area contributed by atoms with Crippen molar-refractivity contribution in [2.75, 3.05) is 7.11 Å². The fraction of sp³-hybridized carbons (Fsp3) is 0.909. The molecule has 2 N–H and O–H groups in total. The molecule has 0 aliphatic carbocycles. The minimum atomic E-state index is -0.155. The van der Waals surface area contributed by atoms with Gasteiger partial charge in [0.1, 0.15) is 0 Å². The summed E-state index contributed by atoms with van der Waals surface area (Å²) in [5, 5.41) is 0. The molecule has 3 heteroatoms. The quantitative estimate of drug-likeness (QED) is 0.669. The number of hydrogen-bond acceptors (Lipinski definition) is 3. The van der Waals surface area contributed by atoms with Gasteiger partial charge in [-0.1, -0.05) is 20.3 Å². The van der Waals surface area contributed by atoms with E-state index in [-0.39, 0.29) is 17.4 Å². The van der Waals surface area contributed by atoms with Crippen LogP contribution in [0.5, 0.6) is 0 Å². The van der Waals surface area contributed by atoms with Crippen molar-refractivity contribution in [2.45, 2.75) is 52.5 Å². The summed E-state index contributed by atoms with van der Waals surface area (Å²) in [6.07, 6.45) is 3.39. The van der Waals surface area contributed by atoms with Gasteiger partial charge in [0.25, 0.3) is 0 Å². The lowest BCUT2D eigenvalue weighted by Gasteiger charge is -2.35. The molecule has 0 aromatic heterocycles. The van der Waals surface area contributed by atoms with E-state index < -0.39 is 0 Å². The molecule has 0 aliphatic heterocycles. The highest BCUT2D eigenvalue weighted by Gasteiger charge is 2.34. The van der Waals surface area contributed by atoms with Crippen molar-refractivity contribution < 1.29 is 9.53 Å². The molecule has 14 heavy (non-hydrogen) atoms. The van der Waals surface area contributed by atoms with Crippen molar-refractivity contribution in [1.82, 2.24) is 0 Å². The van der Waals surface area contributed by atoms with Crippen molar-refractivity contribution in [3.8, 4) is 0 Å². The summed E-state index contributed by atoms with van der Waals surface area (Å²) >= 11 is 0. The van der Waals surface area contributed by atoms with E-state index in [1.165, 1.54) is 7.11 Å². The van der Waals surface area contributed by atoms with E-state index in [4.69, 9.17) is 10.5 Å². The molecular weight excluding hydrogens is 178 g/mol. The molecule has 0 spiro atoms. The second kappa shape index (κ2) is 6.02. The fourth-order valence-corrected chi connectivity index (χ4v) is 1.96. The van der Waals surface area contributed by atoms with E-state index in [0.29, 0.717) is 6.42 Å². The van der Waals surface area contributed by atoms with Crippen molar-refractivity contribution in [1.29, 1.82) is 0 Å². The largest absolute Gasteiger partial charge is 0.469 e. The highest BCUT2D eigenvalue weighted by molar-refractivity contribution is 5.70. The van der Waals surface area contributed by atoms with Gasteiger partial charge in [0, 0.05) is 6.04 Å². The smallest absolute Gasteiger partial charge is 0.306 e. The molecule has 0 aromatic rings. The Morgan fingerprint density at radius 2 is 2.07 bits per heavy atom. The van der Waals surface area contributed by atoms with Crippen LogP contribution >= 0.6 is 0 Å². The summed E-state index contributed by atoms with van der Waals surface area (Å²) in [5.41, 5.74) is 5.88. The van der Waals surface area contributed by atoms with Crippen molar-refractivity contribution in [3.05, 3.63) is 0 Å². The minimum absolute atomic E-state index is 0.0338. The maximum Gasteiger partial charge on any atom is 0.306 e. The number of esters is 1. The fourth-order valence-electron chi connectivity index (χ4n) is 1.96. The van der Waals surface area contributed by atoms with Gasteiger partial charge >= 0.3 is 5.97 Å². The number of rotatable bonds is 6. The van der Waals surface area contributed by atoms with E-state index in [0.717, 1.165) is 19.3 Å². The summed E-state index contributed by atoms with van der Waals surface area (Å²) in [4.78, 5) is 11.3. The molecule has 3 nitrogen and oxygen atoms in total. The van der Waals surface area contributed by atoms with Gasteiger partial charge in [-0.15, -0.1) is 0 Å². The Labute approximate surface area is 87.0 Å². The SMILES string of the molecule is CCCC(CC)(CC(=O)OC)C(C)N. The lowest BCUT2D eigenvalue weighted by Crippen LogP contribution is -2.41. The number of methoxy groups -OCH3 is 1. The van der Waals surface area contributed by atoms with Gasteiger partial charge in [0.05, 0.1) is 13.5 Å². The average molecular weight is 201 g/mol. The summed E-state index contributed by atoms with van der Waals surface area (Å²) in [6.45, 7) is 6.17. The number of hydrogen-bond donors (Lipinski definition) is 1. The maximum absolute atomic E-state index is 11.3. The average Bonchev–Trinajstić information content (AvgIpc) is 2.16. The lowest BCUT2D eigenvalue weighted by atomic mass is 9.72. The Hall–Kier alpha value is -0.570. The Balaban J connectivity index is 4.57. The molecule has 0 amide bonds. The van der Waals surface area contributed by atoms with Crippen LogP contribution < -0.4 is 5.73 Å². The molecule has 0 heterocycles. The van der Waals surface area contributed by atoms with Crippen LogP contribution in [0.1, 0.15) is 46.5 Å². The Kier molecular flexibility index (Phi) is 5.77. The van der Waals surface area contributed by atoms with Gasteiger partial charge in [-0.2, -0.15) is 0 Å². The summed E-state index contributed by atoms with van der Waals surface area (Å²) in [7, 11) is 1.43. The van der Waals surface area contributed by atoms with E-state index in [1.807, 2.05) is 6.92 Å². The Bertz CT molecular complexity index is 180. The second-order valence-corrected chi connectivity index (χ2v) is 4.01. The predicted octanol–water partition coefficient (Wildman–Crippen LogP) is 2.09. The van der Waals surface area contributed by atoms with Crippen LogP contribution in [0.15, 0.2) is 0 Å². The number of carbonyl (C=O) groups excluding carboxylic acids is 1. The zero-order valence-electron chi connectivity index (χ0n) is 9.80. The first-order valence-corrected chi connectivity index (χ1v) is 5.34. The molecule has 0 saturated carbocycles. The van der Waals surface area contributed by atoms with E-state index in [2.05, 4.69) is 13.8 Å². The van der Waals surface area contributed by atoms with Crippen LogP contribution in [0.2, 0.25) is 0 Å². The van der Waals surface area contributed by atoms with Crippen molar-refractivity contribution in [2.24, 2.45) is 11.1 Å².